The molecule has 0 heterocycles. The smallest absolute Gasteiger partial charge is 0.264 e. The maximum Gasteiger partial charge on any atom is 0.264 e. The van der Waals surface area contributed by atoms with Gasteiger partial charge in [0.1, 0.15) is 6.54 Å². The summed E-state index contributed by atoms with van der Waals surface area (Å²) in [5, 5.41) is 3.49. The molecule has 0 aromatic heterocycles. The number of nitrogens with one attached hydrogen (secondary N) is 1. The highest BCUT2D eigenvalue weighted by Gasteiger charge is 2.28. The average Bonchev–Trinajstić information content (AvgIpc) is 2.86. The minimum atomic E-state index is -4.04. The van der Waals surface area contributed by atoms with Crippen LogP contribution in [0.4, 0.5) is 5.69 Å². The monoisotopic (exact) mass is 518 g/mol. The number of rotatable bonds is 8. The van der Waals surface area contributed by atoms with Crippen molar-refractivity contribution in [3.05, 3.63) is 130 Å². The fraction of sp³-hybridized carbons (Fsp3) is 0.138. The van der Waals surface area contributed by atoms with Crippen molar-refractivity contribution in [3.63, 3.8) is 0 Å². The van der Waals surface area contributed by atoms with E-state index in [9.17, 15) is 13.2 Å². The van der Waals surface area contributed by atoms with Crippen molar-refractivity contribution >= 4 is 33.2 Å². The quantitative estimate of drug-likeness (QED) is 0.308. The lowest BCUT2D eigenvalue weighted by Crippen LogP contribution is -2.42. The second-order valence-corrected chi connectivity index (χ2v) is 10.9. The van der Waals surface area contributed by atoms with E-state index in [1.807, 2.05) is 74.5 Å². The van der Waals surface area contributed by atoms with Crippen LogP contribution in [0.2, 0.25) is 5.02 Å². The molecule has 0 aliphatic carbocycles. The number of nitrogens with zero attached hydrogens (tertiary/aromatic N) is 1. The Morgan fingerprint density at radius 3 is 2.06 bits per heavy atom. The van der Waals surface area contributed by atoms with E-state index >= 15 is 0 Å². The predicted molar refractivity (Wildman–Crippen MR) is 145 cm³/mol. The highest BCUT2D eigenvalue weighted by Crippen LogP contribution is 2.27. The number of halogens is 1. The Labute approximate surface area is 217 Å². The molecule has 7 heteroatoms. The van der Waals surface area contributed by atoms with Gasteiger partial charge in [0.25, 0.3) is 10.0 Å². The van der Waals surface area contributed by atoms with Gasteiger partial charge < -0.3 is 5.32 Å². The molecule has 0 aliphatic rings. The molecule has 1 N–H and O–H groups in total. The molecule has 5 nitrogen and oxygen atoms in total. The van der Waals surface area contributed by atoms with Gasteiger partial charge in [0.15, 0.2) is 0 Å². The molecule has 1 unspecified atom stereocenters. The van der Waals surface area contributed by atoms with E-state index in [-0.39, 0.29) is 11.4 Å². The van der Waals surface area contributed by atoms with Crippen LogP contribution in [0.3, 0.4) is 0 Å². The first kappa shape index (κ1) is 25.5. The Morgan fingerprint density at radius 2 is 1.42 bits per heavy atom. The van der Waals surface area contributed by atoms with Gasteiger partial charge in [-0.05, 0) is 66.9 Å². The molecule has 36 heavy (non-hydrogen) atoms. The van der Waals surface area contributed by atoms with E-state index in [0.29, 0.717) is 10.7 Å². The molecule has 4 rings (SSSR count). The van der Waals surface area contributed by atoms with Gasteiger partial charge >= 0.3 is 0 Å². The predicted octanol–water partition coefficient (Wildman–Crippen LogP) is 6.06. The molecule has 0 saturated heterocycles. The van der Waals surface area contributed by atoms with E-state index in [0.717, 1.165) is 26.6 Å². The van der Waals surface area contributed by atoms with Crippen LogP contribution < -0.4 is 9.62 Å². The average molecular weight is 519 g/mol. The zero-order valence-corrected chi connectivity index (χ0v) is 21.6. The highest BCUT2D eigenvalue weighted by atomic mass is 35.5. The lowest BCUT2D eigenvalue weighted by atomic mass is 9.97. The van der Waals surface area contributed by atoms with E-state index in [4.69, 9.17) is 11.6 Å². The van der Waals surface area contributed by atoms with Crippen LogP contribution in [-0.4, -0.2) is 20.9 Å². The zero-order valence-electron chi connectivity index (χ0n) is 20.1. The zero-order chi connectivity index (χ0) is 25.7. The van der Waals surface area contributed by atoms with Crippen molar-refractivity contribution < 1.29 is 13.2 Å². The van der Waals surface area contributed by atoms with Gasteiger partial charge in [0.2, 0.25) is 5.91 Å². The Morgan fingerprint density at radius 1 is 0.806 bits per heavy atom. The molecule has 0 fully saturated rings. The first-order valence-corrected chi connectivity index (χ1v) is 13.3. The van der Waals surface area contributed by atoms with E-state index in [2.05, 4.69) is 5.32 Å². The van der Waals surface area contributed by atoms with Crippen molar-refractivity contribution in [3.8, 4) is 0 Å². The van der Waals surface area contributed by atoms with Crippen molar-refractivity contribution in [2.24, 2.45) is 0 Å². The van der Waals surface area contributed by atoms with Crippen LogP contribution in [0.25, 0.3) is 0 Å². The molecule has 4 aromatic rings. The number of benzene rings is 4. The van der Waals surface area contributed by atoms with Gasteiger partial charge in [0, 0.05) is 5.02 Å². The number of aryl methyl sites for hydroxylation is 2. The summed E-state index contributed by atoms with van der Waals surface area (Å²) in [6.07, 6.45) is 0. The summed E-state index contributed by atoms with van der Waals surface area (Å²) in [6.45, 7) is 3.48. The number of amides is 1. The summed E-state index contributed by atoms with van der Waals surface area (Å²) < 4.78 is 28.5. The number of sulfonamides is 1. The molecular weight excluding hydrogens is 492 g/mol. The summed E-state index contributed by atoms with van der Waals surface area (Å²) in [7, 11) is -4.04. The fourth-order valence-corrected chi connectivity index (χ4v) is 5.56. The number of anilines is 1. The normalized spacial score (nSPS) is 12.1. The molecule has 0 aliphatic heterocycles. The molecule has 1 atom stereocenters. The van der Waals surface area contributed by atoms with Gasteiger partial charge in [-0.3, -0.25) is 9.10 Å². The van der Waals surface area contributed by atoms with E-state index in [1.54, 1.807) is 18.2 Å². The molecule has 0 spiro atoms. The van der Waals surface area contributed by atoms with Crippen molar-refractivity contribution in [1.82, 2.24) is 5.32 Å². The van der Waals surface area contributed by atoms with Crippen LogP contribution in [-0.2, 0) is 14.8 Å². The molecule has 0 radical (unpaired) electrons. The van der Waals surface area contributed by atoms with Crippen LogP contribution in [0.5, 0.6) is 0 Å². The maximum absolute atomic E-state index is 13.7. The molecular formula is C29H27ClN2O3S. The number of carbonyl (C=O) groups excluding carboxylic acids is 1. The van der Waals surface area contributed by atoms with Crippen LogP contribution >= 0.6 is 11.6 Å². The Hall–Kier alpha value is -3.61. The Balaban J connectivity index is 1.69. The molecule has 4 aromatic carbocycles. The Bertz CT molecular complexity index is 1460. The van der Waals surface area contributed by atoms with Crippen LogP contribution in [0.15, 0.2) is 108 Å². The summed E-state index contributed by atoms with van der Waals surface area (Å²) in [6, 6.07) is 30.1. The van der Waals surface area contributed by atoms with Crippen molar-refractivity contribution in [1.29, 1.82) is 0 Å². The summed E-state index contributed by atoms with van der Waals surface area (Å²) >= 11 is 5.98. The summed E-state index contributed by atoms with van der Waals surface area (Å²) in [4.78, 5) is 13.5. The molecule has 184 valence electrons. The number of hydrogen-bond donors (Lipinski definition) is 1. The molecule has 0 saturated carbocycles. The van der Waals surface area contributed by atoms with Gasteiger partial charge in [0.05, 0.1) is 16.6 Å². The standard InChI is InChI=1S/C29H27ClN2O3S/c1-21-8-6-12-24(18-21)29(23-10-4-3-5-11-23)31-28(33)20-32(26-13-7-9-22(2)19-26)36(34,35)27-16-14-25(30)15-17-27/h3-19,29H,20H2,1-2H3,(H,31,33). The largest absolute Gasteiger partial charge is 0.344 e. The Kier molecular flexibility index (Phi) is 7.77. The summed E-state index contributed by atoms with van der Waals surface area (Å²) in [5.41, 5.74) is 4.17. The fourth-order valence-electron chi connectivity index (χ4n) is 4.02. The lowest BCUT2D eigenvalue weighted by Gasteiger charge is -2.26. The second kappa shape index (κ2) is 11.0. The highest BCUT2D eigenvalue weighted by molar-refractivity contribution is 7.92. The minimum Gasteiger partial charge on any atom is -0.344 e. The lowest BCUT2D eigenvalue weighted by molar-refractivity contribution is -0.120. The first-order valence-electron chi connectivity index (χ1n) is 11.5. The van der Waals surface area contributed by atoms with Crippen LogP contribution in [0.1, 0.15) is 28.3 Å². The summed E-state index contributed by atoms with van der Waals surface area (Å²) in [5.74, 6) is -0.426. The van der Waals surface area contributed by atoms with E-state index < -0.39 is 22.0 Å². The van der Waals surface area contributed by atoms with Crippen LogP contribution in [0, 0.1) is 13.8 Å². The third-order valence-corrected chi connectivity index (χ3v) is 7.83. The first-order chi connectivity index (χ1) is 17.2. The molecule has 0 bridgehead atoms. The maximum atomic E-state index is 13.7. The second-order valence-electron chi connectivity index (χ2n) is 8.63. The van der Waals surface area contributed by atoms with Crippen molar-refractivity contribution in [2.75, 3.05) is 10.8 Å². The third kappa shape index (κ3) is 5.96. The number of hydrogen-bond acceptors (Lipinski definition) is 3. The third-order valence-electron chi connectivity index (χ3n) is 5.79. The minimum absolute atomic E-state index is 0.0551. The van der Waals surface area contributed by atoms with Gasteiger partial charge in [-0.2, -0.15) is 0 Å². The molecule has 1 amide bonds. The topological polar surface area (TPSA) is 66.5 Å². The SMILES string of the molecule is Cc1cccc(C(NC(=O)CN(c2cccc(C)c2)S(=O)(=O)c2ccc(Cl)cc2)c2ccccc2)c1. The van der Waals surface area contributed by atoms with E-state index in [1.165, 1.54) is 24.3 Å². The number of carbonyl (C=O) groups is 1. The van der Waals surface area contributed by atoms with Gasteiger partial charge in [-0.15, -0.1) is 0 Å². The van der Waals surface area contributed by atoms with Gasteiger partial charge in [-0.1, -0.05) is 83.9 Å². The van der Waals surface area contributed by atoms with Crippen molar-refractivity contribution in [2.45, 2.75) is 24.8 Å². The van der Waals surface area contributed by atoms with Gasteiger partial charge in [-0.25, -0.2) is 8.42 Å².